The van der Waals surface area contributed by atoms with Gasteiger partial charge in [-0.25, -0.2) is 4.79 Å². The maximum absolute atomic E-state index is 12.4. The van der Waals surface area contributed by atoms with Crippen molar-refractivity contribution in [3.63, 3.8) is 0 Å². The van der Waals surface area contributed by atoms with Gasteiger partial charge in [-0.2, -0.15) is 0 Å². The van der Waals surface area contributed by atoms with E-state index in [0.29, 0.717) is 16.1 Å². The summed E-state index contributed by atoms with van der Waals surface area (Å²) >= 11 is 8.90. The lowest BCUT2D eigenvalue weighted by atomic mass is 9.95. The van der Waals surface area contributed by atoms with Crippen molar-refractivity contribution < 1.29 is 14.3 Å². The third-order valence-corrected chi connectivity index (χ3v) is 6.49. The number of esters is 1. The molecule has 136 valence electrons. The molecule has 1 heterocycles. The maximum Gasteiger partial charge on any atom is 0.341 e. The standard InChI is InChI=1S/C18H17IN2O3S2/c1-24-17(23)14-11-7-3-5-9-13(11)26-16(14)21-18(25)20-15(22)10-6-2-4-8-12(10)19/h2,4,6,8H,3,5,7,9H2,1H3,(H2,20,21,22,25). The number of carbonyl (C=O) groups excluding carboxylic acids is 2. The summed E-state index contributed by atoms with van der Waals surface area (Å²) < 4.78 is 5.79. The lowest BCUT2D eigenvalue weighted by Gasteiger charge is -2.12. The first-order valence-electron chi connectivity index (χ1n) is 8.11. The van der Waals surface area contributed by atoms with E-state index in [1.54, 1.807) is 12.1 Å². The van der Waals surface area contributed by atoms with E-state index >= 15 is 0 Å². The highest BCUT2D eigenvalue weighted by Gasteiger charge is 2.26. The van der Waals surface area contributed by atoms with Gasteiger partial charge in [-0.15, -0.1) is 11.3 Å². The molecule has 1 amide bonds. The normalized spacial score (nSPS) is 12.8. The molecular formula is C18H17IN2O3S2. The Labute approximate surface area is 174 Å². The van der Waals surface area contributed by atoms with Gasteiger partial charge in [-0.1, -0.05) is 12.1 Å². The van der Waals surface area contributed by atoms with Crippen molar-refractivity contribution in [1.82, 2.24) is 5.32 Å². The summed E-state index contributed by atoms with van der Waals surface area (Å²) in [6.07, 6.45) is 3.98. The van der Waals surface area contributed by atoms with Crippen LogP contribution in [0.2, 0.25) is 0 Å². The Bertz CT molecular complexity index is 879. The van der Waals surface area contributed by atoms with Crippen LogP contribution in [0, 0.1) is 3.57 Å². The molecule has 1 aromatic carbocycles. The molecule has 0 saturated carbocycles. The fourth-order valence-corrected chi connectivity index (χ4v) is 5.10. The maximum atomic E-state index is 12.4. The highest BCUT2D eigenvalue weighted by atomic mass is 127. The minimum absolute atomic E-state index is 0.165. The molecule has 0 saturated heterocycles. The number of hydrogen-bond acceptors (Lipinski definition) is 5. The van der Waals surface area contributed by atoms with Crippen molar-refractivity contribution in [3.8, 4) is 0 Å². The monoisotopic (exact) mass is 500 g/mol. The molecule has 2 aromatic rings. The van der Waals surface area contributed by atoms with Gasteiger partial charge in [0.1, 0.15) is 5.00 Å². The summed E-state index contributed by atoms with van der Waals surface area (Å²) in [6.45, 7) is 0. The highest BCUT2D eigenvalue weighted by molar-refractivity contribution is 14.1. The van der Waals surface area contributed by atoms with Gasteiger partial charge in [0.15, 0.2) is 5.11 Å². The number of carbonyl (C=O) groups is 2. The molecule has 1 aliphatic carbocycles. The number of hydrogen-bond donors (Lipinski definition) is 2. The van der Waals surface area contributed by atoms with Crippen molar-refractivity contribution >= 4 is 68.1 Å². The average Bonchev–Trinajstić information content (AvgIpc) is 2.98. The van der Waals surface area contributed by atoms with Crippen LogP contribution in [0.1, 0.15) is 44.0 Å². The fourth-order valence-electron chi connectivity index (χ4n) is 2.92. The van der Waals surface area contributed by atoms with Gasteiger partial charge in [0.05, 0.1) is 18.2 Å². The smallest absolute Gasteiger partial charge is 0.341 e. The zero-order chi connectivity index (χ0) is 18.7. The number of thiocarbonyl (C=S) groups is 1. The number of benzene rings is 1. The van der Waals surface area contributed by atoms with Crippen molar-refractivity contribution in [1.29, 1.82) is 0 Å². The number of fused-ring (bicyclic) bond motifs is 1. The SMILES string of the molecule is COC(=O)c1c(NC(=S)NC(=O)c2ccccc2I)sc2c1CCCC2. The third-order valence-electron chi connectivity index (χ3n) is 4.13. The van der Waals surface area contributed by atoms with E-state index in [1.165, 1.54) is 23.3 Å². The third kappa shape index (κ3) is 4.07. The van der Waals surface area contributed by atoms with Crippen LogP contribution in [-0.4, -0.2) is 24.1 Å². The van der Waals surface area contributed by atoms with Crippen LogP contribution in [0.4, 0.5) is 5.00 Å². The lowest BCUT2D eigenvalue weighted by molar-refractivity contribution is 0.0601. The number of aryl methyl sites for hydroxylation is 1. The molecule has 8 heteroatoms. The second-order valence-electron chi connectivity index (χ2n) is 5.79. The molecule has 0 bridgehead atoms. The minimum Gasteiger partial charge on any atom is -0.465 e. The topological polar surface area (TPSA) is 67.4 Å². The van der Waals surface area contributed by atoms with Crippen LogP contribution < -0.4 is 10.6 Å². The number of amides is 1. The van der Waals surface area contributed by atoms with Crippen molar-refractivity contribution in [2.24, 2.45) is 0 Å². The second-order valence-corrected chi connectivity index (χ2v) is 8.47. The minimum atomic E-state index is -0.376. The molecule has 5 nitrogen and oxygen atoms in total. The summed E-state index contributed by atoms with van der Waals surface area (Å²) in [7, 11) is 1.37. The summed E-state index contributed by atoms with van der Waals surface area (Å²) in [5, 5.41) is 6.50. The van der Waals surface area contributed by atoms with Gasteiger partial charge >= 0.3 is 5.97 Å². The summed E-state index contributed by atoms with van der Waals surface area (Å²) in [4.78, 5) is 25.8. The molecule has 0 spiro atoms. The average molecular weight is 500 g/mol. The van der Waals surface area contributed by atoms with Gasteiger partial charge in [0.2, 0.25) is 0 Å². The predicted molar refractivity (Wildman–Crippen MR) is 115 cm³/mol. The summed E-state index contributed by atoms with van der Waals surface area (Å²) in [5.41, 5.74) is 2.14. The molecule has 26 heavy (non-hydrogen) atoms. The molecule has 0 radical (unpaired) electrons. The Balaban J connectivity index is 1.79. The van der Waals surface area contributed by atoms with Gasteiger partial charge < -0.3 is 10.1 Å². The van der Waals surface area contributed by atoms with E-state index in [9.17, 15) is 9.59 Å². The molecule has 1 aliphatic rings. The first-order valence-corrected chi connectivity index (χ1v) is 10.4. The van der Waals surface area contributed by atoms with Gasteiger partial charge in [0, 0.05) is 8.45 Å². The number of methoxy groups -OCH3 is 1. The molecule has 2 N–H and O–H groups in total. The highest BCUT2D eigenvalue weighted by Crippen LogP contribution is 2.38. The van der Waals surface area contributed by atoms with E-state index in [2.05, 4.69) is 33.2 Å². The molecule has 0 aliphatic heterocycles. The molecule has 0 unspecified atom stereocenters. The fraction of sp³-hybridized carbons (Fsp3) is 0.278. The largest absolute Gasteiger partial charge is 0.465 e. The molecule has 0 fully saturated rings. The van der Waals surface area contributed by atoms with Crippen molar-refractivity contribution in [2.75, 3.05) is 12.4 Å². The van der Waals surface area contributed by atoms with Crippen LogP contribution in [0.3, 0.4) is 0 Å². The molecular weight excluding hydrogens is 483 g/mol. The van der Waals surface area contributed by atoms with E-state index < -0.39 is 0 Å². The Kier molecular flexibility index (Phi) is 6.25. The molecule has 3 rings (SSSR count). The molecule has 1 aromatic heterocycles. The van der Waals surface area contributed by atoms with Gasteiger partial charge in [-0.05, 0) is 78.2 Å². The lowest BCUT2D eigenvalue weighted by Crippen LogP contribution is -2.34. The Morgan fingerprint density at radius 3 is 2.69 bits per heavy atom. The van der Waals surface area contributed by atoms with E-state index in [0.717, 1.165) is 34.8 Å². The first-order chi connectivity index (χ1) is 12.5. The second kappa shape index (κ2) is 8.45. The number of thiophene rings is 1. The predicted octanol–water partition coefficient (Wildman–Crippen LogP) is 4.14. The zero-order valence-corrected chi connectivity index (χ0v) is 17.8. The quantitative estimate of drug-likeness (QED) is 0.377. The number of halogens is 1. The van der Waals surface area contributed by atoms with Crippen LogP contribution in [-0.2, 0) is 17.6 Å². The molecule has 0 atom stereocenters. The number of anilines is 1. The van der Waals surface area contributed by atoms with Crippen LogP contribution in [0.25, 0.3) is 0 Å². The van der Waals surface area contributed by atoms with E-state index in [1.807, 2.05) is 12.1 Å². The van der Waals surface area contributed by atoms with E-state index in [4.69, 9.17) is 17.0 Å². The Hall–Kier alpha value is -1.52. The number of nitrogens with one attached hydrogen (secondary N) is 2. The number of rotatable bonds is 3. The van der Waals surface area contributed by atoms with Gasteiger partial charge in [-0.3, -0.25) is 10.1 Å². The van der Waals surface area contributed by atoms with Crippen molar-refractivity contribution in [3.05, 3.63) is 49.4 Å². The Morgan fingerprint density at radius 2 is 1.96 bits per heavy atom. The van der Waals surface area contributed by atoms with Gasteiger partial charge in [0.25, 0.3) is 5.91 Å². The van der Waals surface area contributed by atoms with Crippen LogP contribution in [0.5, 0.6) is 0 Å². The first kappa shape index (κ1) is 19.2. The van der Waals surface area contributed by atoms with Crippen LogP contribution >= 0.6 is 46.1 Å². The van der Waals surface area contributed by atoms with Crippen molar-refractivity contribution in [2.45, 2.75) is 25.7 Å². The Morgan fingerprint density at radius 1 is 1.23 bits per heavy atom. The van der Waals surface area contributed by atoms with Crippen LogP contribution in [0.15, 0.2) is 24.3 Å². The zero-order valence-electron chi connectivity index (χ0n) is 14.1. The number of ether oxygens (including phenoxy) is 1. The summed E-state index contributed by atoms with van der Waals surface area (Å²) in [5.74, 6) is -0.660. The van der Waals surface area contributed by atoms with E-state index in [-0.39, 0.29) is 17.0 Å². The summed E-state index contributed by atoms with van der Waals surface area (Å²) in [6, 6.07) is 7.27.